The number of nitrogens with one attached hydrogen (secondary N) is 1. The van der Waals surface area contributed by atoms with Crippen LogP contribution in [-0.4, -0.2) is 16.5 Å². The van der Waals surface area contributed by atoms with Gasteiger partial charge in [0, 0.05) is 0 Å². The summed E-state index contributed by atoms with van der Waals surface area (Å²) in [5.41, 5.74) is 0. The van der Waals surface area contributed by atoms with Gasteiger partial charge in [-0.3, -0.25) is 0 Å². The molecule has 0 aromatic heterocycles. The zero-order chi connectivity index (χ0) is 10.5. The highest BCUT2D eigenvalue weighted by Crippen LogP contribution is 2.13. The minimum absolute atomic E-state index is 1.15. The fourth-order valence-corrected chi connectivity index (χ4v) is 11.3. The SMILES string of the molecule is C=CC[Si](C)(C)N[Si](C)(C)CC=C. The fourth-order valence-electron chi connectivity index (χ4n) is 1.74. The van der Waals surface area contributed by atoms with Gasteiger partial charge in [-0.2, -0.15) is 0 Å². The van der Waals surface area contributed by atoms with Gasteiger partial charge in [-0.05, 0) is 12.1 Å². The quantitative estimate of drug-likeness (QED) is 0.527. The maximum atomic E-state index is 3.87. The molecule has 0 bridgehead atoms. The Balaban J connectivity index is 4.22. The first-order chi connectivity index (χ1) is 5.83. The van der Waals surface area contributed by atoms with Crippen molar-refractivity contribution in [3.63, 3.8) is 0 Å². The molecule has 0 saturated heterocycles. The van der Waals surface area contributed by atoms with Crippen molar-refractivity contribution in [1.29, 1.82) is 0 Å². The lowest BCUT2D eigenvalue weighted by molar-refractivity contribution is 1.24. The molecule has 0 unspecified atom stereocenters. The molecule has 0 spiro atoms. The van der Waals surface area contributed by atoms with E-state index in [0.29, 0.717) is 0 Å². The molecule has 1 N–H and O–H groups in total. The molecule has 76 valence electrons. The molecule has 0 aliphatic carbocycles. The monoisotopic (exact) mass is 213 g/mol. The second kappa shape index (κ2) is 4.93. The lowest BCUT2D eigenvalue weighted by Crippen LogP contribution is -2.58. The lowest BCUT2D eigenvalue weighted by Gasteiger charge is -2.33. The summed E-state index contributed by atoms with van der Waals surface area (Å²) in [4.78, 5) is 0. The summed E-state index contributed by atoms with van der Waals surface area (Å²) in [6.45, 7) is 17.1. The highest BCUT2D eigenvalue weighted by molar-refractivity contribution is 6.91. The Hall–Kier alpha value is -0.126. The number of allylic oxidation sites excluding steroid dienone is 2. The molecule has 0 saturated carbocycles. The molecule has 0 aromatic rings. The van der Waals surface area contributed by atoms with Gasteiger partial charge >= 0.3 is 0 Å². The van der Waals surface area contributed by atoms with Gasteiger partial charge in [-0.25, -0.2) is 0 Å². The molecule has 0 aliphatic rings. The van der Waals surface area contributed by atoms with Crippen molar-refractivity contribution in [2.45, 2.75) is 38.3 Å². The lowest BCUT2D eigenvalue weighted by atomic mass is 10.8. The van der Waals surface area contributed by atoms with E-state index in [1.807, 2.05) is 12.2 Å². The average molecular weight is 213 g/mol. The predicted molar refractivity (Wildman–Crippen MR) is 68.1 cm³/mol. The van der Waals surface area contributed by atoms with Crippen LogP contribution < -0.4 is 4.65 Å². The van der Waals surface area contributed by atoms with Crippen molar-refractivity contribution in [2.24, 2.45) is 0 Å². The van der Waals surface area contributed by atoms with Gasteiger partial charge < -0.3 is 4.65 Å². The van der Waals surface area contributed by atoms with Crippen LogP contribution in [0.15, 0.2) is 25.3 Å². The Morgan fingerprint density at radius 3 is 1.46 bits per heavy atom. The standard InChI is InChI=1S/C10H23NSi2/c1-7-9-12(3,4)11-13(5,6)10-8-2/h7-8,11H,1-2,9-10H2,3-6H3. The van der Waals surface area contributed by atoms with Crippen molar-refractivity contribution < 1.29 is 0 Å². The maximum Gasteiger partial charge on any atom is 0.116 e. The number of hydrogen-bond acceptors (Lipinski definition) is 1. The molecule has 0 rings (SSSR count). The zero-order valence-electron chi connectivity index (χ0n) is 9.48. The van der Waals surface area contributed by atoms with Gasteiger partial charge in [0.2, 0.25) is 0 Å². The van der Waals surface area contributed by atoms with Crippen LogP contribution in [-0.2, 0) is 0 Å². The molecule has 0 radical (unpaired) electrons. The molecule has 1 nitrogen and oxygen atoms in total. The topological polar surface area (TPSA) is 12.0 Å². The molecule has 0 fully saturated rings. The largest absolute Gasteiger partial charge is 0.359 e. The maximum absolute atomic E-state index is 3.87. The first-order valence-corrected chi connectivity index (χ1v) is 11.3. The summed E-state index contributed by atoms with van der Waals surface area (Å²) in [6.07, 6.45) is 4.08. The van der Waals surface area contributed by atoms with Crippen molar-refractivity contribution in [3.8, 4) is 0 Å². The van der Waals surface area contributed by atoms with Crippen LogP contribution in [0.25, 0.3) is 0 Å². The molecular weight excluding hydrogens is 190 g/mol. The van der Waals surface area contributed by atoms with Crippen molar-refractivity contribution in [1.82, 2.24) is 4.65 Å². The highest BCUT2D eigenvalue weighted by atomic mass is 28.4. The summed E-state index contributed by atoms with van der Waals surface area (Å²) in [7, 11) is -2.46. The van der Waals surface area contributed by atoms with E-state index in [4.69, 9.17) is 0 Å². The van der Waals surface area contributed by atoms with Crippen LogP contribution in [0.3, 0.4) is 0 Å². The third kappa shape index (κ3) is 6.01. The summed E-state index contributed by atoms with van der Waals surface area (Å²) in [5, 5.41) is 0. The van der Waals surface area contributed by atoms with Crippen LogP contribution in [0.4, 0.5) is 0 Å². The molecule has 0 amide bonds. The minimum Gasteiger partial charge on any atom is -0.359 e. The Bertz CT molecular complexity index is 165. The van der Waals surface area contributed by atoms with E-state index in [1.165, 1.54) is 0 Å². The van der Waals surface area contributed by atoms with Crippen molar-refractivity contribution >= 4 is 16.5 Å². The summed E-state index contributed by atoms with van der Waals surface area (Å²) in [6, 6.07) is 2.31. The summed E-state index contributed by atoms with van der Waals surface area (Å²) >= 11 is 0. The second-order valence-electron chi connectivity index (χ2n) is 4.88. The first kappa shape index (κ1) is 12.9. The van der Waals surface area contributed by atoms with E-state index in [-0.39, 0.29) is 0 Å². The summed E-state index contributed by atoms with van der Waals surface area (Å²) in [5.74, 6) is 0. The molecule has 3 heteroatoms. The van der Waals surface area contributed by atoms with Gasteiger partial charge in [-0.1, -0.05) is 38.3 Å². The van der Waals surface area contributed by atoms with Crippen LogP contribution in [0.5, 0.6) is 0 Å². The molecular formula is C10H23NSi2. The van der Waals surface area contributed by atoms with Crippen LogP contribution in [0.2, 0.25) is 38.3 Å². The van der Waals surface area contributed by atoms with E-state index in [2.05, 4.69) is 44.0 Å². The Labute approximate surface area is 85.1 Å². The van der Waals surface area contributed by atoms with Gasteiger partial charge in [0.1, 0.15) is 16.5 Å². The van der Waals surface area contributed by atoms with E-state index < -0.39 is 16.5 Å². The fraction of sp³-hybridized carbons (Fsp3) is 0.600. The van der Waals surface area contributed by atoms with Gasteiger partial charge in [0.15, 0.2) is 0 Å². The highest BCUT2D eigenvalue weighted by Gasteiger charge is 2.28. The summed E-state index contributed by atoms with van der Waals surface area (Å²) < 4.78 is 3.87. The molecule has 0 aromatic carbocycles. The van der Waals surface area contributed by atoms with Crippen molar-refractivity contribution in [3.05, 3.63) is 25.3 Å². The average Bonchev–Trinajstić information content (AvgIpc) is 1.82. The molecule has 0 atom stereocenters. The number of hydrogen-bond donors (Lipinski definition) is 1. The Kier molecular flexibility index (Phi) is 4.88. The molecule has 13 heavy (non-hydrogen) atoms. The third-order valence-electron chi connectivity index (χ3n) is 1.99. The zero-order valence-corrected chi connectivity index (χ0v) is 11.5. The smallest absolute Gasteiger partial charge is 0.116 e. The van der Waals surface area contributed by atoms with Gasteiger partial charge in [0.05, 0.1) is 0 Å². The van der Waals surface area contributed by atoms with Crippen molar-refractivity contribution in [2.75, 3.05) is 0 Å². The minimum atomic E-state index is -1.23. The van der Waals surface area contributed by atoms with Gasteiger partial charge in [0.25, 0.3) is 0 Å². The molecule has 0 heterocycles. The Morgan fingerprint density at radius 2 is 1.23 bits per heavy atom. The predicted octanol–water partition coefficient (Wildman–Crippen LogP) is 3.36. The normalized spacial score (nSPS) is 12.6. The third-order valence-corrected chi connectivity index (χ3v) is 10.0. The van der Waals surface area contributed by atoms with Crippen LogP contribution in [0.1, 0.15) is 0 Å². The van der Waals surface area contributed by atoms with Crippen LogP contribution >= 0.6 is 0 Å². The second-order valence-corrected chi connectivity index (χ2v) is 14.2. The van der Waals surface area contributed by atoms with Crippen LogP contribution in [0, 0.1) is 0 Å². The van der Waals surface area contributed by atoms with E-state index in [9.17, 15) is 0 Å². The molecule has 0 aliphatic heterocycles. The van der Waals surface area contributed by atoms with E-state index in [1.54, 1.807) is 0 Å². The van der Waals surface area contributed by atoms with Gasteiger partial charge in [-0.15, -0.1) is 13.2 Å². The van der Waals surface area contributed by atoms with E-state index >= 15 is 0 Å². The number of rotatable bonds is 6. The van der Waals surface area contributed by atoms with E-state index in [0.717, 1.165) is 12.1 Å². The Morgan fingerprint density at radius 1 is 0.923 bits per heavy atom. The first-order valence-electron chi connectivity index (χ1n) is 4.84.